The number of halogens is 1. The van der Waals surface area contributed by atoms with Gasteiger partial charge in [-0.2, -0.15) is 11.5 Å². The molecule has 2 unspecified atom stereocenters. The molecule has 4 bridgehead atoms. The maximum atomic E-state index is 7.19. The number of rotatable bonds is 2. The first-order chi connectivity index (χ1) is 10.2. The molecule has 6 saturated carbocycles. The first-order valence-corrected chi connectivity index (χ1v) is 10.2. The van der Waals surface area contributed by atoms with Crippen molar-refractivity contribution in [3.05, 3.63) is 0 Å². The quantitative estimate of drug-likeness (QED) is 0.519. The summed E-state index contributed by atoms with van der Waals surface area (Å²) in [5.74, 6) is 7.00. The summed E-state index contributed by atoms with van der Waals surface area (Å²) in [6.45, 7) is 15.0. The van der Waals surface area contributed by atoms with Crippen LogP contribution < -0.4 is 0 Å². The summed E-state index contributed by atoms with van der Waals surface area (Å²) in [6.07, 6.45) is 6.20. The van der Waals surface area contributed by atoms with Crippen LogP contribution in [0.2, 0.25) is 11.6 Å². The van der Waals surface area contributed by atoms with Crippen molar-refractivity contribution in [3.63, 3.8) is 0 Å². The van der Waals surface area contributed by atoms with E-state index >= 15 is 0 Å². The van der Waals surface area contributed by atoms with Crippen LogP contribution >= 0.6 is 11.5 Å². The Morgan fingerprint density at radius 1 is 0.727 bits per heavy atom. The van der Waals surface area contributed by atoms with Crippen molar-refractivity contribution >= 4 is 17.6 Å². The zero-order chi connectivity index (χ0) is 16.0. The van der Waals surface area contributed by atoms with Crippen molar-refractivity contribution in [2.75, 3.05) is 0 Å². The van der Waals surface area contributed by atoms with E-state index in [0.717, 1.165) is 47.1 Å². The third-order valence-corrected chi connectivity index (χ3v) is 10.3. The van der Waals surface area contributed by atoms with E-state index in [1.807, 2.05) is 0 Å². The van der Waals surface area contributed by atoms with Gasteiger partial charge in [-0.3, -0.25) is 0 Å². The van der Waals surface area contributed by atoms with Crippen LogP contribution in [-0.2, 0) is 0 Å². The minimum absolute atomic E-state index is 0.438. The van der Waals surface area contributed by atoms with Crippen LogP contribution in [0.1, 0.15) is 67.2 Å². The van der Waals surface area contributed by atoms with Gasteiger partial charge < -0.3 is 0 Å². The smallest absolute Gasteiger partial charge is 0.195 e. The molecule has 0 aliphatic heterocycles. The lowest BCUT2D eigenvalue weighted by atomic mass is 9.30. The molecular formula is C20H34BCl. The molecule has 6 rings (SSSR count). The molecule has 0 aromatic rings. The van der Waals surface area contributed by atoms with Gasteiger partial charge in [-0.15, -0.1) is 0 Å². The second-order valence-corrected chi connectivity index (χ2v) is 11.2. The van der Waals surface area contributed by atoms with Crippen molar-refractivity contribution in [2.45, 2.75) is 78.9 Å². The highest BCUT2D eigenvalue weighted by Crippen LogP contribution is 2.69. The molecule has 22 heavy (non-hydrogen) atoms. The summed E-state index contributed by atoms with van der Waals surface area (Å²) in [7, 11) is 0. The first-order valence-electron chi connectivity index (χ1n) is 9.79. The van der Waals surface area contributed by atoms with E-state index in [1.54, 1.807) is 0 Å². The Labute approximate surface area is 143 Å². The van der Waals surface area contributed by atoms with Crippen LogP contribution in [0.4, 0.5) is 0 Å². The van der Waals surface area contributed by atoms with Gasteiger partial charge in [0.05, 0.1) is 0 Å². The van der Waals surface area contributed by atoms with Crippen molar-refractivity contribution in [3.8, 4) is 0 Å². The Bertz CT molecular complexity index is 428. The topological polar surface area (TPSA) is 0 Å². The summed E-state index contributed by atoms with van der Waals surface area (Å²) in [5.41, 5.74) is 1.18. The van der Waals surface area contributed by atoms with Crippen LogP contribution in [0.15, 0.2) is 0 Å². The molecular weight excluding hydrogens is 286 g/mol. The Hall–Kier alpha value is 0.355. The summed E-state index contributed by atoms with van der Waals surface area (Å²) in [5, 5.41) is 0. The first kappa shape index (κ1) is 15.9. The van der Waals surface area contributed by atoms with Crippen LogP contribution in [0.25, 0.3) is 0 Å². The van der Waals surface area contributed by atoms with E-state index in [9.17, 15) is 0 Å². The standard InChI is InChI=1S/C20H34BCl/c1-11-15-7-13(19(15,3)4)9-17(11)21(22)18-10-14-8-16(12(18)2)20(14,5)6/h11-18H,7-10H2,1-6H3/t11-,12?,13+,14+,15-,16-,17?,18+/m1/s1. The molecule has 0 radical (unpaired) electrons. The normalized spacial score (nSPS) is 54.1. The van der Waals surface area contributed by atoms with Crippen molar-refractivity contribution in [1.82, 2.24) is 0 Å². The third-order valence-electron chi connectivity index (χ3n) is 9.64. The van der Waals surface area contributed by atoms with Crippen LogP contribution in [0.3, 0.4) is 0 Å². The molecule has 0 nitrogen and oxygen atoms in total. The minimum Gasteiger partial charge on any atom is -0.195 e. The van der Waals surface area contributed by atoms with E-state index in [-0.39, 0.29) is 0 Å². The average molecular weight is 321 g/mol. The largest absolute Gasteiger partial charge is 0.257 e. The van der Waals surface area contributed by atoms with E-state index in [1.165, 1.54) is 25.7 Å². The van der Waals surface area contributed by atoms with Gasteiger partial charge in [-0.05, 0) is 70.8 Å². The van der Waals surface area contributed by atoms with Crippen LogP contribution in [-0.4, -0.2) is 6.13 Å². The Morgan fingerprint density at radius 3 is 1.36 bits per heavy atom. The highest BCUT2D eigenvalue weighted by molar-refractivity contribution is 7.08. The van der Waals surface area contributed by atoms with E-state index in [2.05, 4.69) is 41.5 Å². The summed E-state index contributed by atoms with van der Waals surface area (Å²) in [4.78, 5) is 0. The Balaban J connectivity index is 1.49. The van der Waals surface area contributed by atoms with Crippen molar-refractivity contribution in [1.29, 1.82) is 0 Å². The second-order valence-electron chi connectivity index (χ2n) is 10.7. The molecule has 0 heterocycles. The molecule has 6 aliphatic carbocycles. The molecule has 0 aromatic heterocycles. The van der Waals surface area contributed by atoms with Crippen LogP contribution in [0.5, 0.6) is 0 Å². The molecule has 0 aromatic carbocycles. The van der Waals surface area contributed by atoms with Gasteiger partial charge in [-0.1, -0.05) is 54.4 Å². The fourth-order valence-corrected chi connectivity index (χ4v) is 8.20. The number of fused-ring (bicyclic) bond motifs is 4. The minimum atomic E-state index is 0.438. The fourth-order valence-electron chi connectivity index (χ4n) is 7.54. The summed E-state index contributed by atoms with van der Waals surface area (Å²) >= 11 is 7.19. The van der Waals surface area contributed by atoms with Crippen molar-refractivity contribution in [2.24, 2.45) is 46.3 Å². The van der Waals surface area contributed by atoms with Gasteiger partial charge in [0.2, 0.25) is 0 Å². The summed E-state index contributed by atoms with van der Waals surface area (Å²) < 4.78 is 0. The third kappa shape index (κ3) is 1.84. The molecule has 8 atom stereocenters. The summed E-state index contributed by atoms with van der Waals surface area (Å²) in [6, 6.07) is 0. The zero-order valence-electron chi connectivity index (χ0n) is 15.4. The second kappa shape index (κ2) is 4.71. The lowest BCUT2D eigenvalue weighted by Crippen LogP contribution is -2.58. The van der Waals surface area contributed by atoms with Crippen LogP contribution in [0, 0.1) is 46.3 Å². The van der Waals surface area contributed by atoms with Gasteiger partial charge >= 0.3 is 0 Å². The maximum Gasteiger partial charge on any atom is 0.257 e. The fraction of sp³-hybridized carbons (Fsp3) is 1.00. The van der Waals surface area contributed by atoms with E-state index in [0.29, 0.717) is 17.0 Å². The predicted octanol–water partition coefficient (Wildman–Crippen LogP) is 6.36. The van der Waals surface area contributed by atoms with Gasteiger partial charge in [0, 0.05) is 0 Å². The molecule has 0 spiro atoms. The highest BCUT2D eigenvalue weighted by atomic mass is 35.5. The zero-order valence-corrected chi connectivity index (χ0v) is 16.2. The molecule has 0 saturated heterocycles. The molecule has 6 fully saturated rings. The monoisotopic (exact) mass is 320 g/mol. The molecule has 0 amide bonds. The number of hydrogen-bond acceptors (Lipinski definition) is 0. The molecule has 0 N–H and O–H groups in total. The van der Waals surface area contributed by atoms with Gasteiger partial charge in [-0.25, -0.2) is 0 Å². The van der Waals surface area contributed by atoms with E-state index < -0.39 is 0 Å². The van der Waals surface area contributed by atoms with E-state index in [4.69, 9.17) is 11.5 Å². The molecule has 124 valence electrons. The van der Waals surface area contributed by atoms with Gasteiger partial charge in [0.1, 0.15) is 0 Å². The lowest BCUT2D eigenvalue weighted by molar-refractivity contribution is -0.106. The average Bonchev–Trinajstić information content (AvgIpc) is 2.45. The molecule has 2 heteroatoms. The molecule has 6 aliphatic rings. The number of hydrogen-bond donors (Lipinski definition) is 0. The SMILES string of the molecule is CC1[C@@H](B(Cl)C2C[C@@H]3C[C@H]([C@H]2C)C3(C)C)C[C@@H]2C[C@H]1C2(C)C. The lowest BCUT2D eigenvalue weighted by Gasteiger charge is -2.65. The van der Waals surface area contributed by atoms with Gasteiger partial charge in [0.25, 0.3) is 6.13 Å². The highest BCUT2D eigenvalue weighted by Gasteiger charge is 2.62. The van der Waals surface area contributed by atoms with Crippen molar-refractivity contribution < 1.29 is 0 Å². The van der Waals surface area contributed by atoms with Gasteiger partial charge in [0.15, 0.2) is 0 Å². The Morgan fingerprint density at radius 2 is 1.09 bits per heavy atom. The Kier molecular flexibility index (Phi) is 3.39. The maximum absolute atomic E-state index is 7.19. The predicted molar refractivity (Wildman–Crippen MR) is 97.4 cm³/mol.